The van der Waals surface area contributed by atoms with Crippen LogP contribution in [0.5, 0.6) is 5.75 Å². The molecular formula is C16H14F4O5S. The molecular weight excluding hydrogens is 380 g/mol. The highest BCUT2D eigenvalue weighted by atomic mass is 32.2. The SMILES string of the molecule is O=C(O)CCCCc1c(F)ccc2cccc(OS(=O)(=O)C(F)(F)F)c12. The number of aryl methyl sites for hydroxylation is 1. The van der Waals surface area contributed by atoms with E-state index >= 15 is 0 Å². The van der Waals surface area contributed by atoms with Crippen molar-refractivity contribution in [2.24, 2.45) is 0 Å². The van der Waals surface area contributed by atoms with Crippen LogP contribution in [0.2, 0.25) is 0 Å². The van der Waals surface area contributed by atoms with Crippen LogP contribution in [0.4, 0.5) is 17.6 Å². The van der Waals surface area contributed by atoms with E-state index in [2.05, 4.69) is 4.18 Å². The summed E-state index contributed by atoms with van der Waals surface area (Å²) >= 11 is 0. The molecule has 2 aromatic carbocycles. The molecule has 2 aromatic rings. The number of carbonyl (C=O) groups is 1. The third-order valence-corrected chi connectivity index (χ3v) is 4.57. The van der Waals surface area contributed by atoms with Crippen LogP contribution in [0.3, 0.4) is 0 Å². The Morgan fingerprint density at radius 3 is 2.42 bits per heavy atom. The number of hydrogen-bond donors (Lipinski definition) is 1. The van der Waals surface area contributed by atoms with Gasteiger partial charge in [0.25, 0.3) is 0 Å². The largest absolute Gasteiger partial charge is 0.534 e. The molecule has 5 nitrogen and oxygen atoms in total. The van der Waals surface area contributed by atoms with Crippen LogP contribution in [0, 0.1) is 5.82 Å². The average Bonchev–Trinajstić information content (AvgIpc) is 2.51. The number of rotatable bonds is 7. The quantitative estimate of drug-likeness (QED) is 0.332. The summed E-state index contributed by atoms with van der Waals surface area (Å²) in [5, 5.41) is 8.83. The van der Waals surface area contributed by atoms with Crippen molar-refractivity contribution in [1.82, 2.24) is 0 Å². The normalized spacial score (nSPS) is 12.3. The summed E-state index contributed by atoms with van der Waals surface area (Å²) in [7, 11) is -5.91. The van der Waals surface area contributed by atoms with Crippen LogP contribution >= 0.6 is 0 Å². The first kappa shape index (κ1) is 20.0. The summed E-state index contributed by atoms with van der Waals surface area (Å²) in [6.07, 6.45) is 0.360. The molecule has 0 unspecified atom stereocenters. The fraction of sp³-hybridized carbons (Fsp3) is 0.312. The van der Waals surface area contributed by atoms with E-state index in [1.54, 1.807) is 0 Å². The van der Waals surface area contributed by atoms with Gasteiger partial charge < -0.3 is 9.29 Å². The van der Waals surface area contributed by atoms with Gasteiger partial charge >= 0.3 is 21.6 Å². The molecule has 0 fully saturated rings. The monoisotopic (exact) mass is 394 g/mol. The van der Waals surface area contributed by atoms with Crippen molar-refractivity contribution in [2.45, 2.75) is 31.2 Å². The van der Waals surface area contributed by atoms with E-state index in [9.17, 15) is 30.8 Å². The molecule has 0 amide bonds. The van der Waals surface area contributed by atoms with Gasteiger partial charge in [-0.1, -0.05) is 18.2 Å². The fourth-order valence-corrected chi connectivity index (χ4v) is 2.92. The number of benzene rings is 2. The van der Waals surface area contributed by atoms with Crippen LogP contribution in [-0.4, -0.2) is 25.0 Å². The Morgan fingerprint density at radius 1 is 1.12 bits per heavy atom. The molecule has 0 radical (unpaired) electrons. The van der Waals surface area contributed by atoms with Crippen LogP contribution in [0.1, 0.15) is 24.8 Å². The lowest BCUT2D eigenvalue weighted by Crippen LogP contribution is -2.28. The van der Waals surface area contributed by atoms with Crippen molar-refractivity contribution in [3.05, 3.63) is 41.7 Å². The lowest BCUT2D eigenvalue weighted by Gasteiger charge is -2.14. The second-order valence-corrected chi connectivity index (χ2v) is 7.00. The maximum absolute atomic E-state index is 14.2. The van der Waals surface area contributed by atoms with Crippen molar-refractivity contribution in [3.63, 3.8) is 0 Å². The molecule has 0 spiro atoms. The van der Waals surface area contributed by atoms with Gasteiger partial charge in [-0.2, -0.15) is 21.6 Å². The van der Waals surface area contributed by atoms with Crippen LogP contribution in [-0.2, 0) is 21.3 Å². The molecule has 10 heteroatoms. The van der Waals surface area contributed by atoms with Gasteiger partial charge in [-0.3, -0.25) is 4.79 Å². The molecule has 26 heavy (non-hydrogen) atoms. The summed E-state index contributed by atoms with van der Waals surface area (Å²) in [5.41, 5.74) is -5.65. The summed E-state index contributed by atoms with van der Waals surface area (Å²) in [4.78, 5) is 10.5. The maximum atomic E-state index is 14.2. The van der Waals surface area contributed by atoms with Gasteiger partial charge in [-0.05, 0) is 42.3 Å². The van der Waals surface area contributed by atoms with E-state index in [1.807, 2.05) is 0 Å². The molecule has 0 aliphatic rings. The molecule has 0 saturated heterocycles. The number of aliphatic carboxylic acids is 1. The minimum Gasteiger partial charge on any atom is -0.481 e. The number of halogens is 4. The summed E-state index contributed by atoms with van der Waals surface area (Å²) in [6, 6.07) is 6.17. The molecule has 0 saturated carbocycles. The van der Waals surface area contributed by atoms with Gasteiger partial charge in [0, 0.05) is 11.8 Å². The molecule has 0 aromatic heterocycles. The molecule has 0 aliphatic heterocycles. The summed E-state index contributed by atoms with van der Waals surface area (Å²) in [6.45, 7) is 0. The van der Waals surface area contributed by atoms with Crippen molar-refractivity contribution in [2.75, 3.05) is 0 Å². The smallest absolute Gasteiger partial charge is 0.481 e. The first-order valence-corrected chi connectivity index (χ1v) is 8.86. The number of carboxylic acid groups (broad SMARTS) is 1. The number of fused-ring (bicyclic) bond motifs is 1. The zero-order chi connectivity index (χ0) is 19.5. The summed E-state index contributed by atoms with van der Waals surface area (Å²) < 4.78 is 78.7. The highest BCUT2D eigenvalue weighted by Gasteiger charge is 2.48. The Kier molecular flexibility index (Phi) is 5.74. The van der Waals surface area contributed by atoms with E-state index in [-0.39, 0.29) is 36.6 Å². The van der Waals surface area contributed by atoms with Crippen molar-refractivity contribution < 1.29 is 40.1 Å². The molecule has 1 N–H and O–H groups in total. The third-order valence-electron chi connectivity index (χ3n) is 3.61. The van der Waals surface area contributed by atoms with Crippen molar-refractivity contribution >= 4 is 26.9 Å². The van der Waals surface area contributed by atoms with E-state index < -0.39 is 33.2 Å². The van der Waals surface area contributed by atoms with Gasteiger partial charge in [-0.15, -0.1) is 0 Å². The van der Waals surface area contributed by atoms with Gasteiger partial charge in [0.2, 0.25) is 0 Å². The molecule has 0 bridgehead atoms. The van der Waals surface area contributed by atoms with E-state index in [0.717, 1.165) is 12.1 Å². The maximum Gasteiger partial charge on any atom is 0.534 e. The van der Waals surface area contributed by atoms with Gasteiger partial charge in [-0.25, -0.2) is 4.39 Å². The molecule has 142 valence electrons. The Bertz CT molecular complexity index is 922. The Hall–Kier alpha value is -2.36. The highest BCUT2D eigenvalue weighted by molar-refractivity contribution is 7.88. The predicted molar refractivity (Wildman–Crippen MR) is 84.7 cm³/mol. The fourth-order valence-electron chi connectivity index (χ4n) is 2.45. The van der Waals surface area contributed by atoms with Crippen LogP contribution in [0.25, 0.3) is 10.8 Å². The van der Waals surface area contributed by atoms with Gasteiger partial charge in [0.05, 0.1) is 0 Å². The number of hydrogen-bond acceptors (Lipinski definition) is 4. The number of unbranched alkanes of at least 4 members (excludes halogenated alkanes) is 1. The van der Waals surface area contributed by atoms with Crippen molar-refractivity contribution in [1.29, 1.82) is 0 Å². The van der Waals surface area contributed by atoms with Crippen LogP contribution < -0.4 is 4.18 Å². The first-order valence-electron chi connectivity index (χ1n) is 7.45. The lowest BCUT2D eigenvalue weighted by atomic mass is 9.98. The molecule has 0 heterocycles. The van der Waals surface area contributed by atoms with E-state index in [1.165, 1.54) is 18.2 Å². The highest BCUT2D eigenvalue weighted by Crippen LogP contribution is 2.35. The standard InChI is InChI=1S/C16H14F4O5S/c17-12-9-8-10-4-3-6-13(25-26(23,24)16(18,19)20)15(10)11(12)5-1-2-7-14(21)22/h3-4,6,8-9H,1-2,5,7H2,(H,21,22). The first-order chi connectivity index (χ1) is 12.0. The second kappa shape index (κ2) is 7.48. The minimum atomic E-state index is -5.91. The molecule has 0 atom stereocenters. The van der Waals surface area contributed by atoms with E-state index in [0.29, 0.717) is 5.39 Å². The Balaban J connectivity index is 2.45. The van der Waals surface area contributed by atoms with E-state index in [4.69, 9.17) is 5.11 Å². The average molecular weight is 394 g/mol. The van der Waals surface area contributed by atoms with Crippen molar-refractivity contribution in [3.8, 4) is 5.75 Å². The number of carboxylic acids is 1. The van der Waals surface area contributed by atoms with Gasteiger partial charge in [0.1, 0.15) is 5.82 Å². The molecule has 0 aliphatic carbocycles. The Morgan fingerprint density at radius 2 is 1.81 bits per heavy atom. The predicted octanol–water partition coefficient (Wildman–Crippen LogP) is 4.00. The lowest BCUT2D eigenvalue weighted by molar-refractivity contribution is -0.137. The minimum absolute atomic E-state index is 0.0168. The second-order valence-electron chi connectivity index (χ2n) is 5.46. The topological polar surface area (TPSA) is 80.7 Å². The number of alkyl halides is 3. The Labute approximate surface area is 146 Å². The molecule has 2 rings (SSSR count). The zero-order valence-electron chi connectivity index (χ0n) is 13.2. The summed E-state index contributed by atoms with van der Waals surface area (Å²) in [5.74, 6) is -2.40. The van der Waals surface area contributed by atoms with Gasteiger partial charge in [0.15, 0.2) is 5.75 Å². The zero-order valence-corrected chi connectivity index (χ0v) is 14.0. The third kappa shape index (κ3) is 4.43. The van der Waals surface area contributed by atoms with Crippen LogP contribution in [0.15, 0.2) is 30.3 Å².